The first-order chi connectivity index (χ1) is 11.8. The number of halogens is 2. The number of para-hydroxylation sites is 1. The van der Waals surface area contributed by atoms with Crippen molar-refractivity contribution in [2.75, 3.05) is 30.8 Å². The number of amides is 2. The van der Waals surface area contributed by atoms with Crippen molar-refractivity contribution in [3.8, 4) is 0 Å². The molecule has 0 spiro atoms. The van der Waals surface area contributed by atoms with Gasteiger partial charge in [-0.3, -0.25) is 14.5 Å². The van der Waals surface area contributed by atoms with Crippen LogP contribution in [-0.2, 0) is 9.59 Å². The number of carbonyl (C=O) groups excluding carboxylic acids is 2. The molecule has 0 aliphatic rings. The van der Waals surface area contributed by atoms with Crippen molar-refractivity contribution in [2.24, 2.45) is 0 Å². The van der Waals surface area contributed by atoms with Crippen LogP contribution in [0.15, 0.2) is 42.5 Å². The average molecular weight is 380 g/mol. The Morgan fingerprint density at radius 3 is 2.16 bits per heavy atom. The van der Waals surface area contributed by atoms with E-state index >= 15 is 0 Å². The number of aryl methyl sites for hydroxylation is 1. The van der Waals surface area contributed by atoms with Crippen molar-refractivity contribution in [1.82, 2.24) is 4.90 Å². The van der Waals surface area contributed by atoms with Gasteiger partial charge >= 0.3 is 0 Å². The van der Waals surface area contributed by atoms with Crippen LogP contribution in [0.4, 0.5) is 11.4 Å². The van der Waals surface area contributed by atoms with Gasteiger partial charge in [-0.2, -0.15) is 0 Å². The van der Waals surface area contributed by atoms with Gasteiger partial charge in [0.05, 0.1) is 23.8 Å². The normalized spacial score (nSPS) is 10.6. The number of nitrogens with one attached hydrogen (secondary N) is 2. The van der Waals surface area contributed by atoms with E-state index in [4.69, 9.17) is 23.2 Å². The van der Waals surface area contributed by atoms with E-state index in [2.05, 4.69) is 10.6 Å². The lowest BCUT2D eigenvalue weighted by atomic mass is 10.2. The SMILES string of the molecule is Cc1cc(Cl)ccc1NC(=O)CN(C)CC(=O)Nc1ccccc1Cl. The Kier molecular flexibility index (Phi) is 6.82. The van der Waals surface area contributed by atoms with Gasteiger partial charge in [-0.05, 0) is 49.9 Å². The Balaban J connectivity index is 1.84. The van der Waals surface area contributed by atoms with Crippen LogP contribution in [0.5, 0.6) is 0 Å². The van der Waals surface area contributed by atoms with Gasteiger partial charge in [0.15, 0.2) is 0 Å². The van der Waals surface area contributed by atoms with Crippen LogP contribution < -0.4 is 10.6 Å². The van der Waals surface area contributed by atoms with Gasteiger partial charge in [-0.1, -0.05) is 35.3 Å². The Labute approximate surface area is 156 Å². The molecule has 2 rings (SSSR count). The fraction of sp³-hybridized carbons (Fsp3) is 0.222. The van der Waals surface area contributed by atoms with Crippen molar-refractivity contribution in [2.45, 2.75) is 6.92 Å². The van der Waals surface area contributed by atoms with Gasteiger partial charge in [0, 0.05) is 10.7 Å². The number of hydrogen-bond acceptors (Lipinski definition) is 3. The van der Waals surface area contributed by atoms with Crippen molar-refractivity contribution < 1.29 is 9.59 Å². The lowest BCUT2D eigenvalue weighted by molar-refractivity contribution is -0.119. The number of rotatable bonds is 6. The largest absolute Gasteiger partial charge is 0.325 e. The summed E-state index contributed by atoms with van der Waals surface area (Å²) in [7, 11) is 1.69. The van der Waals surface area contributed by atoms with Crippen LogP contribution in [0.1, 0.15) is 5.56 Å². The van der Waals surface area contributed by atoms with E-state index in [1.807, 2.05) is 6.92 Å². The first-order valence-corrected chi connectivity index (χ1v) is 8.39. The molecule has 25 heavy (non-hydrogen) atoms. The van der Waals surface area contributed by atoms with Crippen LogP contribution in [-0.4, -0.2) is 36.9 Å². The average Bonchev–Trinajstić information content (AvgIpc) is 2.52. The highest BCUT2D eigenvalue weighted by atomic mass is 35.5. The quantitative estimate of drug-likeness (QED) is 0.801. The standard InChI is InChI=1S/C18H19Cl2N3O2/c1-12-9-13(19)7-8-15(12)21-17(24)10-23(2)11-18(25)22-16-6-4-3-5-14(16)20/h3-9H,10-11H2,1-2H3,(H,21,24)(H,22,25). The maximum Gasteiger partial charge on any atom is 0.238 e. The second kappa shape index (κ2) is 8.85. The van der Waals surface area contributed by atoms with E-state index in [0.717, 1.165) is 5.56 Å². The highest BCUT2D eigenvalue weighted by molar-refractivity contribution is 6.33. The molecular weight excluding hydrogens is 361 g/mol. The first kappa shape index (κ1) is 19.2. The molecular formula is C18H19Cl2N3O2. The van der Waals surface area contributed by atoms with Gasteiger partial charge in [-0.15, -0.1) is 0 Å². The van der Waals surface area contributed by atoms with Crippen molar-refractivity contribution in [3.05, 3.63) is 58.1 Å². The molecule has 0 atom stereocenters. The van der Waals surface area contributed by atoms with Crippen LogP contribution in [0.25, 0.3) is 0 Å². The molecule has 0 aliphatic heterocycles. The number of likely N-dealkylation sites (N-methyl/N-ethyl adjacent to an activating group) is 1. The van der Waals surface area contributed by atoms with E-state index in [1.54, 1.807) is 54.4 Å². The van der Waals surface area contributed by atoms with Gasteiger partial charge in [0.1, 0.15) is 0 Å². The summed E-state index contributed by atoms with van der Waals surface area (Å²) >= 11 is 11.9. The third-order valence-corrected chi connectivity index (χ3v) is 4.00. The summed E-state index contributed by atoms with van der Waals surface area (Å²) in [6, 6.07) is 12.2. The molecule has 2 amide bonds. The number of nitrogens with zero attached hydrogens (tertiary/aromatic N) is 1. The summed E-state index contributed by atoms with van der Waals surface area (Å²) in [4.78, 5) is 25.8. The van der Waals surface area contributed by atoms with Gasteiger partial charge in [0.2, 0.25) is 11.8 Å². The number of anilines is 2. The fourth-order valence-corrected chi connectivity index (χ4v) is 2.67. The maximum atomic E-state index is 12.1. The molecule has 0 aliphatic carbocycles. The number of benzene rings is 2. The highest BCUT2D eigenvalue weighted by Gasteiger charge is 2.13. The zero-order valence-electron chi connectivity index (χ0n) is 14.0. The third-order valence-electron chi connectivity index (χ3n) is 3.44. The molecule has 0 saturated carbocycles. The summed E-state index contributed by atoms with van der Waals surface area (Å²) < 4.78 is 0. The lowest BCUT2D eigenvalue weighted by Crippen LogP contribution is -2.36. The van der Waals surface area contributed by atoms with Gasteiger partial charge in [-0.25, -0.2) is 0 Å². The minimum Gasteiger partial charge on any atom is -0.325 e. The Bertz CT molecular complexity index is 781. The smallest absolute Gasteiger partial charge is 0.238 e. The second-order valence-electron chi connectivity index (χ2n) is 5.71. The summed E-state index contributed by atoms with van der Waals surface area (Å²) in [6.45, 7) is 2.01. The molecule has 0 bridgehead atoms. The lowest BCUT2D eigenvalue weighted by Gasteiger charge is -2.17. The molecule has 2 aromatic carbocycles. The summed E-state index contributed by atoms with van der Waals surface area (Å²) in [5, 5.41) is 6.61. The minimum atomic E-state index is -0.244. The van der Waals surface area contributed by atoms with E-state index < -0.39 is 0 Å². The third kappa shape index (κ3) is 6.05. The molecule has 5 nitrogen and oxygen atoms in total. The fourth-order valence-electron chi connectivity index (χ4n) is 2.26. The first-order valence-electron chi connectivity index (χ1n) is 7.64. The molecule has 7 heteroatoms. The predicted molar refractivity (Wildman–Crippen MR) is 102 cm³/mol. The van der Waals surface area contributed by atoms with E-state index in [9.17, 15) is 9.59 Å². The number of hydrogen-bond donors (Lipinski definition) is 2. The predicted octanol–water partition coefficient (Wildman–Crippen LogP) is 3.81. The molecule has 0 fully saturated rings. The summed E-state index contributed by atoms with van der Waals surface area (Å²) in [5.41, 5.74) is 2.12. The zero-order valence-corrected chi connectivity index (χ0v) is 15.5. The molecule has 0 aromatic heterocycles. The Morgan fingerprint density at radius 2 is 1.56 bits per heavy atom. The Hall–Kier alpha value is -2.08. The van der Waals surface area contributed by atoms with Crippen molar-refractivity contribution in [3.63, 3.8) is 0 Å². The molecule has 132 valence electrons. The second-order valence-corrected chi connectivity index (χ2v) is 6.55. The summed E-state index contributed by atoms with van der Waals surface area (Å²) in [6.07, 6.45) is 0. The maximum absolute atomic E-state index is 12.1. The molecule has 2 aromatic rings. The van der Waals surface area contributed by atoms with Gasteiger partial charge in [0.25, 0.3) is 0 Å². The van der Waals surface area contributed by atoms with Gasteiger partial charge < -0.3 is 10.6 Å². The summed E-state index contributed by atoms with van der Waals surface area (Å²) in [5.74, 6) is -0.454. The van der Waals surface area contributed by atoms with Crippen LogP contribution in [0.2, 0.25) is 10.0 Å². The van der Waals surface area contributed by atoms with Crippen molar-refractivity contribution >= 4 is 46.4 Å². The van der Waals surface area contributed by atoms with E-state index in [-0.39, 0.29) is 24.9 Å². The molecule has 0 saturated heterocycles. The van der Waals surface area contributed by atoms with Crippen LogP contribution in [0.3, 0.4) is 0 Å². The molecule has 0 unspecified atom stereocenters. The van der Waals surface area contributed by atoms with E-state index in [1.165, 1.54) is 0 Å². The minimum absolute atomic E-state index is 0.0677. The van der Waals surface area contributed by atoms with E-state index in [0.29, 0.717) is 21.4 Å². The van der Waals surface area contributed by atoms with Crippen LogP contribution in [0, 0.1) is 6.92 Å². The Morgan fingerprint density at radius 1 is 0.960 bits per heavy atom. The topological polar surface area (TPSA) is 61.4 Å². The molecule has 0 heterocycles. The molecule has 2 N–H and O–H groups in total. The monoisotopic (exact) mass is 379 g/mol. The van der Waals surface area contributed by atoms with Crippen LogP contribution >= 0.6 is 23.2 Å². The number of carbonyl (C=O) groups is 2. The van der Waals surface area contributed by atoms with Crippen molar-refractivity contribution in [1.29, 1.82) is 0 Å². The molecule has 0 radical (unpaired) electrons. The zero-order chi connectivity index (χ0) is 18.4. The highest BCUT2D eigenvalue weighted by Crippen LogP contribution is 2.20.